The van der Waals surface area contributed by atoms with Gasteiger partial charge in [0, 0.05) is 7.05 Å². The monoisotopic (exact) mass is 239 g/mol. The molecular weight excluding hydrogens is 226 g/mol. The molecule has 4 nitrogen and oxygen atoms in total. The van der Waals surface area contributed by atoms with Crippen LogP contribution in [0.4, 0.5) is 5.82 Å². The SMILES string of the molecule is CN1c2nc(Cl)ncc2OCC1C1CCC1. The Hall–Kier alpha value is -1.03. The highest BCUT2D eigenvalue weighted by Crippen LogP contribution is 2.38. The van der Waals surface area contributed by atoms with E-state index in [1.807, 2.05) is 0 Å². The molecule has 1 atom stereocenters. The predicted octanol–water partition coefficient (Wildman–Crippen LogP) is 2.13. The van der Waals surface area contributed by atoms with E-state index in [-0.39, 0.29) is 5.28 Å². The minimum Gasteiger partial charge on any atom is -0.486 e. The van der Waals surface area contributed by atoms with Gasteiger partial charge < -0.3 is 9.64 Å². The molecule has 1 aromatic heterocycles. The van der Waals surface area contributed by atoms with Gasteiger partial charge in [-0.2, -0.15) is 4.98 Å². The van der Waals surface area contributed by atoms with Gasteiger partial charge in [-0.3, -0.25) is 0 Å². The van der Waals surface area contributed by atoms with Gasteiger partial charge in [0.05, 0.1) is 12.2 Å². The van der Waals surface area contributed by atoms with Gasteiger partial charge in [0.1, 0.15) is 6.61 Å². The van der Waals surface area contributed by atoms with Crippen molar-refractivity contribution in [3.63, 3.8) is 0 Å². The molecule has 2 aliphatic rings. The maximum absolute atomic E-state index is 5.81. The van der Waals surface area contributed by atoms with E-state index in [0.717, 1.165) is 24.1 Å². The lowest BCUT2D eigenvalue weighted by molar-refractivity contribution is 0.170. The molecule has 1 aliphatic carbocycles. The van der Waals surface area contributed by atoms with Crippen LogP contribution in [0.25, 0.3) is 0 Å². The summed E-state index contributed by atoms with van der Waals surface area (Å²) < 4.78 is 5.69. The Labute approximate surface area is 99.6 Å². The summed E-state index contributed by atoms with van der Waals surface area (Å²) >= 11 is 5.81. The van der Waals surface area contributed by atoms with Crippen molar-refractivity contribution in [2.24, 2.45) is 5.92 Å². The van der Waals surface area contributed by atoms with E-state index in [0.29, 0.717) is 6.04 Å². The van der Waals surface area contributed by atoms with Crippen molar-refractivity contribution in [1.82, 2.24) is 9.97 Å². The summed E-state index contributed by atoms with van der Waals surface area (Å²) in [6, 6.07) is 0.437. The van der Waals surface area contributed by atoms with Crippen LogP contribution in [0.2, 0.25) is 5.28 Å². The number of nitrogens with zero attached hydrogens (tertiary/aromatic N) is 3. The van der Waals surface area contributed by atoms with E-state index < -0.39 is 0 Å². The lowest BCUT2D eigenvalue weighted by Crippen LogP contribution is -2.48. The summed E-state index contributed by atoms with van der Waals surface area (Å²) in [5.41, 5.74) is 0. The first-order valence-electron chi connectivity index (χ1n) is 5.64. The number of fused-ring (bicyclic) bond motifs is 1. The Kier molecular flexibility index (Phi) is 2.39. The second-order valence-corrected chi connectivity index (χ2v) is 4.85. The van der Waals surface area contributed by atoms with Crippen molar-refractivity contribution < 1.29 is 4.74 Å². The molecular formula is C11H14ClN3O. The smallest absolute Gasteiger partial charge is 0.224 e. The highest BCUT2D eigenvalue weighted by Gasteiger charge is 2.35. The topological polar surface area (TPSA) is 38.2 Å². The fourth-order valence-corrected chi connectivity index (χ4v) is 2.55. The minimum absolute atomic E-state index is 0.281. The molecule has 2 heterocycles. The van der Waals surface area contributed by atoms with E-state index in [9.17, 15) is 0 Å². The van der Waals surface area contributed by atoms with Crippen molar-refractivity contribution in [3.8, 4) is 5.75 Å². The quantitative estimate of drug-likeness (QED) is 0.704. The highest BCUT2D eigenvalue weighted by atomic mass is 35.5. The second-order valence-electron chi connectivity index (χ2n) is 4.51. The average Bonchev–Trinajstić information content (AvgIpc) is 2.20. The van der Waals surface area contributed by atoms with Crippen LogP contribution in [0.1, 0.15) is 19.3 Å². The summed E-state index contributed by atoms with van der Waals surface area (Å²) in [6.45, 7) is 0.735. The van der Waals surface area contributed by atoms with E-state index in [1.54, 1.807) is 6.20 Å². The zero-order valence-corrected chi connectivity index (χ0v) is 9.94. The minimum atomic E-state index is 0.281. The molecule has 1 aliphatic heterocycles. The Morgan fingerprint density at radius 1 is 1.50 bits per heavy atom. The first kappa shape index (κ1) is 10.1. The van der Waals surface area contributed by atoms with Crippen LogP contribution in [0, 0.1) is 5.92 Å². The summed E-state index contributed by atoms with van der Waals surface area (Å²) in [5, 5.41) is 0.281. The molecule has 5 heteroatoms. The standard InChI is InChI=1S/C11H14ClN3O/c1-15-8(7-3-2-4-7)6-16-9-5-13-11(12)14-10(9)15/h5,7-8H,2-4,6H2,1H3. The van der Waals surface area contributed by atoms with Crippen molar-refractivity contribution in [3.05, 3.63) is 11.5 Å². The van der Waals surface area contributed by atoms with Crippen LogP contribution in [-0.2, 0) is 0 Å². The normalized spacial score (nSPS) is 24.6. The Balaban J connectivity index is 1.90. The predicted molar refractivity (Wildman–Crippen MR) is 62.1 cm³/mol. The van der Waals surface area contributed by atoms with Crippen LogP contribution >= 0.6 is 11.6 Å². The third kappa shape index (κ3) is 1.52. The van der Waals surface area contributed by atoms with Crippen LogP contribution in [-0.4, -0.2) is 29.7 Å². The molecule has 16 heavy (non-hydrogen) atoms. The van der Waals surface area contributed by atoms with Gasteiger partial charge in [-0.1, -0.05) is 6.42 Å². The number of rotatable bonds is 1. The second kappa shape index (κ2) is 3.77. The van der Waals surface area contributed by atoms with Crippen molar-refractivity contribution in [2.45, 2.75) is 25.3 Å². The molecule has 1 fully saturated rings. The van der Waals surface area contributed by atoms with Crippen molar-refractivity contribution in [1.29, 1.82) is 0 Å². The van der Waals surface area contributed by atoms with Gasteiger partial charge >= 0.3 is 0 Å². The number of ether oxygens (including phenoxy) is 1. The van der Waals surface area contributed by atoms with Gasteiger partial charge in [0.2, 0.25) is 5.28 Å². The number of anilines is 1. The van der Waals surface area contributed by atoms with E-state index in [2.05, 4.69) is 21.9 Å². The Morgan fingerprint density at radius 3 is 3.00 bits per heavy atom. The van der Waals surface area contributed by atoms with Crippen LogP contribution in [0.15, 0.2) is 6.20 Å². The lowest BCUT2D eigenvalue weighted by atomic mass is 9.79. The van der Waals surface area contributed by atoms with Gasteiger partial charge in [0.25, 0.3) is 0 Å². The molecule has 0 amide bonds. The maximum Gasteiger partial charge on any atom is 0.224 e. The number of hydrogen-bond donors (Lipinski definition) is 0. The number of halogens is 1. The molecule has 0 saturated heterocycles. The molecule has 0 bridgehead atoms. The highest BCUT2D eigenvalue weighted by molar-refractivity contribution is 6.28. The van der Waals surface area contributed by atoms with Gasteiger partial charge in [-0.05, 0) is 30.4 Å². The van der Waals surface area contributed by atoms with E-state index >= 15 is 0 Å². The Morgan fingerprint density at radius 2 is 2.31 bits per heavy atom. The average molecular weight is 240 g/mol. The van der Waals surface area contributed by atoms with Crippen molar-refractivity contribution >= 4 is 17.4 Å². The summed E-state index contributed by atoms with van der Waals surface area (Å²) in [6.07, 6.45) is 5.59. The molecule has 3 rings (SSSR count). The van der Waals surface area contributed by atoms with Crippen LogP contribution in [0.3, 0.4) is 0 Å². The number of likely N-dealkylation sites (N-methyl/N-ethyl adjacent to an activating group) is 1. The number of hydrogen-bond acceptors (Lipinski definition) is 4. The van der Waals surface area contributed by atoms with E-state index in [4.69, 9.17) is 16.3 Å². The first-order chi connectivity index (χ1) is 7.75. The molecule has 1 aromatic rings. The fourth-order valence-electron chi connectivity index (χ4n) is 2.42. The maximum atomic E-state index is 5.81. The molecule has 86 valence electrons. The number of aromatic nitrogens is 2. The van der Waals surface area contributed by atoms with E-state index in [1.165, 1.54) is 19.3 Å². The molecule has 0 aromatic carbocycles. The fraction of sp³-hybridized carbons (Fsp3) is 0.636. The first-order valence-corrected chi connectivity index (χ1v) is 6.01. The van der Waals surface area contributed by atoms with Gasteiger partial charge in [-0.25, -0.2) is 4.98 Å². The van der Waals surface area contributed by atoms with Crippen LogP contribution < -0.4 is 9.64 Å². The Bertz CT molecular complexity index is 408. The van der Waals surface area contributed by atoms with Gasteiger partial charge in [-0.15, -0.1) is 0 Å². The molecule has 0 radical (unpaired) electrons. The molecule has 1 unspecified atom stereocenters. The van der Waals surface area contributed by atoms with Crippen molar-refractivity contribution in [2.75, 3.05) is 18.6 Å². The summed E-state index contributed by atoms with van der Waals surface area (Å²) in [5.74, 6) is 2.30. The zero-order chi connectivity index (χ0) is 11.1. The largest absolute Gasteiger partial charge is 0.486 e. The summed E-state index contributed by atoms with van der Waals surface area (Å²) in [4.78, 5) is 10.4. The summed E-state index contributed by atoms with van der Waals surface area (Å²) in [7, 11) is 2.06. The van der Waals surface area contributed by atoms with Gasteiger partial charge in [0.15, 0.2) is 11.6 Å². The third-order valence-electron chi connectivity index (χ3n) is 3.64. The molecule has 0 spiro atoms. The van der Waals surface area contributed by atoms with Crippen LogP contribution in [0.5, 0.6) is 5.75 Å². The third-order valence-corrected chi connectivity index (χ3v) is 3.82. The molecule has 0 N–H and O–H groups in total. The zero-order valence-electron chi connectivity index (χ0n) is 9.19. The molecule has 1 saturated carbocycles. The lowest BCUT2D eigenvalue weighted by Gasteiger charge is -2.42.